The lowest BCUT2D eigenvalue weighted by molar-refractivity contribution is 0.0472. The summed E-state index contributed by atoms with van der Waals surface area (Å²) in [5.74, 6) is -1.75. The number of benzene rings is 3. The van der Waals surface area contributed by atoms with Crippen molar-refractivity contribution >= 4 is 46.3 Å². The molecule has 2 amide bonds. The van der Waals surface area contributed by atoms with Gasteiger partial charge in [0.1, 0.15) is 6.61 Å². The second-order valence-electron chi connectivity index (χ2n) is 10.6. The molecule has 4 rings (SSSR count). The van der Waals surface area contributed by atoms with Crippen molar-refractivity contribution in [3.63, 3.8) is 0 Å². The SMILES string of the molecule is CCCN(C)C(=O)c1cc(C(=O)O)cc(-c2ccncc2)c1.CCCN(C)C(=O)c1cc(I)cc(C(=O)OCc2ccccc2)c1. The molecule has 10 heteroatoms. The van der Waals surface area contributed by atoms with Crippen molar-refractivity contribution in [2.45, 2.75) is 33.3 Å². The summed E-state index contributed by atoms with van der Waals surface area (Å²) in [6.07, 6.45) is 5.00. The maximum Gasteiger partial charge on any atom is 0.338 e. The first-order valence-electron chi connectivity index (χ1n) is 14.8. The van der Waals surface area contributed by atoms with Crippen molar-refractivity contribution in [2.24, 2.45) is 0 Å². The van der Waals surface area contributed by atoms with Crippen LogP contribution in [0, 0.1) is 3.57 Å². The molecule has 240 valence electrons. The average molecular weight is 736 g/mol. The Bertz CT molecular complexity index is 1650. The number of hydrogen-bond donors (Lipinski definition) is 1. The smallest absolute Gasteiger partial charge is 0.338 e. The number of pyridine rings is 1. The first kappa shape index (κ1) is 35.9. The third kappa shape index (κ3) is 10.5. The molecule has 0 fully saturated rings. The summed E-state index contributed by atoms with van der Waals surface area (Å²) in [6, 6.07) is 22.9. The molecule has 46 heavy (non-hydrogen) atoms. The monoisotopic (exact) mass is 735 g/mol. The molecule has 0 aliphatic rings. The van der Waals surface area contributed by atoms with Crippen LogP contribution in [0.25, 0.3) is 11.1 Å². The molecule has 1 aromatic heterocycles. The van der Waals surface area contributed by atoms with Crippen LogP contribution in [0.2, 0.25) is 0 Å². The number of aromatic nitrogens is 1. The van der Waals surface area contributed by atoms with Crippen molar-refractivity contribution in [1.82, 2.24) is 14.8 Å². The topological polar surface area (TPSA) is 117 Å². The highest BCUT2D eigenvalue weighted by atomic mass is 127. The lowest BCUT2D eigenvalue weighted by atomic mass is 10.00. The van der Waals surface area contributed by atoms with Gasteiger partial charge in [0.2, 0.25) is 0 Å². The number of nitrogens with zero attached hydrogens (tertiary/aromatic N) is 3. The molecule has 1 N–H and O–H groups in total. The number of aromatic carboxylic acids is 1. The molecule has 0 aliphatic carbocycles. The Morgan fingerprint density at radius 1 is 0.717 bits per heavy atom. The van der Waals surface area contributed by atoms with Crippen LogP contribution < -0.4 is 0 Å². The van der Waals surface area contributed by atoms with E-state index in [1.807, 2.05) is 44.2 Å². The Hall–Kier alpha value is -4.58. The Balaban J connectivity index is 0.000000251. The van der Waals surface area contributed by atoms with Crippen LogP contribution in [0.15, 0.2) is 91.3 Å². The fourth-order valence-electron chi connectivity index (χ4n) is 4.54. The molecular formula is C36H38IN3O6. The fourth-order valence-corrected chi connectivity index (χ4v) is 5.21. The van der Waals surface area contributed by atoms with E-state index in [4.69, 9.17) is 4.74 Å². The molecule has 9 nitrogen and oxygen atoms in total. The Morgan fingerprint density at radius 3 is 1.80 bits per heavy atom. The summed E-state index contributed by atoms with van der Waals surface area (Å²) < 4.78 is 6.17. The van der Waals surface area contributed by atoms with Crippen molar-refractivity contribution in [2.75, 3.05) is 27.2 Å². The summed E-state index contributed by atoms with van der Waals surface area (Å²) in [5.41, 5.74) is 3.82. The van der Waals surface area contributed by atoms with Crippen molar-refractivity contribution in [1.29, 1.82) is 0 Å². The molecule has 4 aromatic rings. The lowest BCUT2D eigenvalue weighted by Crippen LogP contribution is -2.27. The first-order chi connectivity index (χ1) is 22.0. The first-order valence-corrected chi connectivity index (χ1v) is 15.9. The van der Waals surface area contributed by atoms with Crippen LogP contribution in [-0.2, 0) is 11.3 Å². The molecule has 0 bridgehead atoms. The number of carboxylic acid groups (broad SMARTS) is 1. The van der Waals surface area contributed by atoms with Gasteiger partial charge >= 0.3 is 11.9 Å². The molecule has 0 unspecified atom stereocenters. The number of ether oxygens (including phenoxy) is 1. The maximum atomic E-state index is 12.4. The zero-order valence-corrected chi connectivity index (χ0v) is 28.6. The van der Waals surface area contributed by atoms with Crippen molar-refractivity contribution in [3.8, 4) is 11.1 Å². The number of carbonyl (C=O) groups excluding carboxylic acids is 3. The van der Waals surface area contributed by atoms with Crippen LogP contribution in [0.1, 0.15) is 73.7 Å². The van der Waals surface area contributed by atoms with E-state index in [1.54, 1.807) is 78.8 Å². The number of esters is 1. The third-order valence-electron chi connectivity index (χ3n) is 6.85. The van der Waals surface area contributed by atoms with Crippen LogP contribution in [-0.4, -0.2) is 70.8 Å². The molecule has 3 aromatic carbocycles. The van der Waals surface area contributed by atoms with Gasteiger partial charge in [-0.25, -0.2) is 9.59 Å². The van der Waals surface area contributed by atoms with Crippen molar-refractivity contribution < 1.29 is 29.0 Å². The number of hydrogen-bond acceptors (Lipinski definition) is 6. The van der Waals surface area contributed by atoms with E-state index < -0.39 is 11.9 Å². The summed E-state index contributed by atoms with van der Waals surface area (Å²) in [5, 5.41) is 9.27. The molecular weight excluding hydrogens is 697 g/mol. The van der Waals surface area contributed by atoms with Gasteiger partial charge in [0.05, 0.1) is 11.1 Å². The van der Waals surface area contributed by atoms with E-state index in [-0.39, 0.29) is 24.0 Å². The highest BCUT2D eigenvalue weighted by Crippen LogP contribution is 2.23. The number of amides is 2. The normalized spacial score (nSPS) is 10.3. The van der Waals surface area contributed by atoms with E-state index in [0.29, 0.717) is 35.3 Å². The van der Waals surface area contributed by atoms with Gasteiger partial charge in [-0.15, -0.1) is 0 Å². The van der Waals surface area contributed by atoms with Gasteiger partial charge in [-0.2, -0.15) is 0 Å². The zero-order valence-electron chi connectivity index (χ0n) is 26.4. The number of halogens is 1. The van der Waals surface area contributed by atoms with E-state index in [2.05, 4.69) is 27.6 Å². The van der Waals surface area contributed by atoms with Crippen LogP contribution in [0.5, 0.6) is 0 Å². The molecule has 0 aliphatic heterocycles. The van der Waals surface area contributed by atoms with E-state index in [1.165, 1.54) is 6.07 Å². The summed E-state index contributed by atoms with van der Waals surface area (Å²) in [6.45, 7) is 5.52. The molecule has 0 radical (unpaired) electrons. The van der Waals surface area contributed by atoms with Gasteiger partial charge in [-0.05, 0) is 101 Å². The maximum absolute atomic E-state index is 12.4. The summed E-state index contributed by atoms with van der Waals surface area (Å²) in [7, 11) is 3.48. The minimum absolute atomic E-state index is 0.0903. The highest BCUT2D eigenvalue weighted by molar-refractivity contribution is 14.1. The minimum Gasteiger partial charge on any atom is -0.478 e. The van der Waals surface area contributed by atoms with E-state index in [0.717, 1.165) is 27.5 Å². The fraction of sp³-hybridized carbons (Fsp3) is 0.250. The lowest BCUT2D eigenvalue weighted by Gasteiger charge is -2.17. The molecule has 0 atom stereocenters. The zero-order chi connectivity index (χ0) is 33.6. The van der Waals surface area contributed by atoms with E-state index in [9.17, 15) is 24.3 Å². The predicted octanol–water partition coefficient (Wildman–Crippen LogP) is 7.06. The molecule has 0 saturated heterocycles. The Kier molecular flexibility index (Phi) is 13.9. The summed E-state index contributed by atoms with van der Waals surface area (Å²) >= 11 is 2.10. The van der Waals surface area contributed by atoms with Gasteiger partial charge in [0, 0.05) is 54.3 Å². The second-order valence-corrected chi connectivity index (χ2v) is 11.8. The quantitative estimate of drug-likeness (QED) is 0.130. The van der Waals surface area contributed by atoms with Gasteiger partial charge in [-0.3, -0.25) is 14.6 Å². The summed E-state index contributed by atoms with van der Waals surface area (Å²) in [4.78, 5) is 55.6. The molecule has 0 spiro atoms. The Labute approximate surface area is 283 Å². The van der Waals surface area contributed by atoms with Gasteiger partial charge in [0.15, 0.2) is 0 Å². The van der Waals surface area contributed by atoms with Crippen LogP contribution >= 0.6 is 22.6 Å². The average Bonchev–Trinajstić information content (AvgIpc) is 3.07. The largest absolute Gasteiger partial charge is 0.478 e. The number of carboxylic acids is 1. The molecule has 0 saturated carbocycles. The molecule has 1 heterocycles. The Morgan fingerprint density at radius 2 is 1.24 bits per heavy atom. The standard InChI is InChI=1S/C19H20INO3.C17H18N2O3/c1-3-9-21(2)18(22)15-10-16(12-17(20)11-15)19(23)24-13-14-7-5-4-6-8-14;1-3-8-19(2)16(20)14-9-13(10-15(11-14)17(21)22)12-4-6-18-7-5-12/h4-8,10-12H,3,9,13H2,1-2H3;4-7,9-11H,3,8H2,1-2H3,(H,21,22). The minimum atomic E-state index is -1.05. The van der Waals surface area contributed by atoms with Gasteiger partial charge in [-0.1, -0.05) is 44.2 Å². The van der Waals surface area contributed by atoms with Crippen LogP contribution in [0.4, 0.5) is 0 Å². The van der Waals surface area contributed by atoms with Gasteiger partial charge in [0.25, 0.3) is 11.8 Å². The highest BCUT2D eigenvalue weighted by Gasteiger charge is 2.17. The van der Waals surface area contributed by atoms with Crippen LogP contribution in [0.3, 0.4) is 0 Å². The number of rotatable bonds is 11. The van der Waals surface area contributed by atoms with Gasteiger partial charge < -0.3 is 19.6 Å². The predicted molar refractivity (Wildman–Crippen MR) is 186 cm³/mol. The second kappa shape index (κ2) is 17.8. The number of carbonyl (C=O) groups is 4. The van der Waals surface area contributed by atoms with Crippen molar-refractivity contribution in [3.05, 3.63) is 123 Å². The van der Waals surface area contributed by atoms with E-state index >= 15 is 0 Å². The third-order valence-corrected chi connectivity index (χ3v) is 7.47.